The summed E-state index contributed by atoms with van der Waals surface area (Å²) in [5.41, 5.74) is 2.90. The molecular formula is C12H14N2O. The third-order valence-electron chi connectivity index (χ3n) is 2.58. The third-order valence-corrected chi connectivity index (χ3v) is 2.58. The summed E-state index contributed by atoms with van der Waals surface area (Å²) in [6, 6.07) is 4.08. The minimum absolute atomic E-state index is 0.514. The second kappa shape index (κ2) is 4.31. The molecule has 1 aromatic heterocycles. The van der Waals surface area contributed by atoms with Gasteiger partial charge in [-0.3, -0.25) is 0 Å². The lowest BCUT2D eigenvalue weighted by atomic mass is 10.1. The van der Waals surface area contributed by atoms with Crippen molar-refractivity contribution in [1.82, 2.24) is 4.98 Å². The molecule has 0 N–H and O–H groups in total. The monoisotopic (exact) mass is 202 g/mol. The molecule has 3 heteroatoms. The molecule has 0 saturated carbocycles. The second-order valence-electron chi connectivity index (χ2n) is 3.76. The SMILES string of the molecule is CCCOc1nc2c(cc1C#N)CCC2. The van der Waals surface area contributed by atoms with Gasteiger partial charge in [-0.2, -0.15) is 5.26 Å². The van der Waals surface area contributed by atoms with Gasteiger partial charge in [0.1, 0.15) is 11.6 Å². The Morgan fingerprint density at radius 3 is 3.13 bits per heavy atom. The molecule has 1 aliphatic carbocycles. The maximum Gasteiger partial charge on any atom is 0.231 e. The van der Waals surface area contributed by atoms with Crippen molar-refractivity contribution in [1.29, 1.82) is 5.26 Å². The van der Waals surface area contributed by atoms with Crippen LogP contribution in [0.1, 0.15) is 36.6 Å². The number of nitrogens with zero attached hydrogens (tertiary/aromatic N) is 2. The van der Waals surface area contributed by atoms with Crippen LogP contribution in [0, 0.1) is 11.3 Å². The number of ether oxygens (including phenoxy) is 1. The van der Waals surface area contributed by atoms with E-state index in [0.29, 0.717) is 18.1 Å². The lowest BCUT2D eigenvalue weighted by Gasteiger charge is -2.07. The van der Waals surface area contributed by atoms with E-state index in [0.717, 1.165) is 31.4 Å². The normalized spacial score (nSPS) is 13.3. The number of pyridine rings is 1. The molecule has 0 unspecified atom stereocenters. The molecule has 1 aromatic rings. The summed E-state index contributed by atoms with van der Waals surface area (Å²) >= 11 is 0. The predicted molar refractivity (Wildman–Crippen MR) is 56.8 cm³/mol. The Labute approximate surface area is 89.7 Å². The molecule has 1 aliphatic rings. The van der Waals surface area contributed by atoms with Gasteiger partial charge in [0, 0.05) is 5.69 Å². The van der Waals surface area contributed by atoms with Gasteiger partial charge in [0.15, 0.2) is 0 Å². The lowest BCUT2D eigenvalue weighted by Crippen LogP contribution is -2.02. The van der Waals surface area contributed by atoms with E-state index in [1.807, 2.05) is 13.0 Å². The first kappa shape index (κ1) is 9.97. The predicted octanol–water partition coefficient (Wildman–Crippen LogP) is 2.23. The van der Waals surface area contributed by atoms with Gasteiger partial charge in [0.25, 0.3) is 0 Å². The van der Waals surface area contributed by atoms with Crippen molar-refractivity contribution in [3.8, 4) is 11.9 Å². The molecule has 0 fully saturated rings. The van der Waals surface area contributed by atoms with E-state index in [-0.39, 0.29) is 0 Å². The van der Waals surface area contributed by atoms with Gasteiger partial charge in [0.2, 0.25) is 5.88 Å². The smallest absolute Gasteiger partial charge is 0.231 e. The first-order chi connectivity index (χ1) is 7.35. The largest absolute Gasteiger partial charge is 0.477 e. The molecule has 3 nitrogen and oxygen atoms in total. The van der Waals surface area contributed by atoms with Crippen LogP contribution in [0.15, 0.2) is 6.07 Å². The molecule has 0 spiro atoms. The second-order valence-corrected chi connectivity index (χ2v) is 3.76. The molecule has 2 rings (SSSR count). The molecule has 78 valence electrons. The van der Waals surface area contributed by atoms with Gasteiger partial charge < -0.3 is 4.74 Å². The van der Waals surface area contributed by atoms with Crippen LogP contribution < -0.4 is 4.74 Å². The summed E-state index contributed by atoms with van der Waals surface area (Å²) in [6.07, 6.45) is 4.14. The van der Waals surface area contributed by atoms with E-state index in [1.54, 1.807) is 0 Å². The highest BCUT2D eigenvalue weighted by Crippen LogP contribution is 2.26. The van der Waals surface area contributed by atoms with Crippen molar-refractivity contribution < 1.29 is 4.74 Å². The van der Waals surface area contributed by atoms with Crippen molar-refractivity contribution in [2.24, 2.45) is 0 Å². The highest BCUT2D eigenvalue weighted by Gasteiger charge is 2.16. The minimum atomic E-state index is 0.514. The molecule has 0 radical (unpaired) electrons. The topological polar surface area (TPSA) is 45.9 Å². The van der Waals surface area contributed by atoms with Crippen molar-refractivity contribution in [2.75, 3.05) is 6.61 Å². The highest BCUT2D eigenvalue weighted by atomic mass is 16.5. The molecule has 0 aliphatic heterocycles. The zero-order valence-electron chi connectivity index (χ0n) is 8.92. The van der Waals surface area contributed by atoms with Crippen LogP contribution in [-0.4, -0.2) is 11.6 Å². The fourth-order valence-corrected chi connectivity index (χ4v) is 1.84. The van der Waals surface area contributed by atoms with Crippen molar-refractivity contribution in [3.63, 3.8) is 0 Å². The maximum atomic E-state index is 8.98. The summed E-state index contributed by atoms with van der Waals surface area (Å²) in [5, 5.41) is 8.98. The Kier molecular flexibility index (Phi) is 2.86. The number of aryl methyl sites for hydroxylation is 2. The lowest BCUT2D eigenvalue weighted by molar-refractivity contribution is 0.303. The van der Waals surface area contributed by atoms with Crippen LogP contribution in [0.25, 0.3) is 0 Å². The average molecular weight is 202 g/mol. The first-order valence-corrected chi connectivity index (χ1v) is 5.41. The van der Waals surface area contributed by atoms with Crippen LogP contribution in [0.4, 0.5) is 0 Å². The minimum Gasteiger partial charge on any atom is -0.477 e. The maximum absolute atomic E-state index is 8.98. The van der Waals surface area contributed by atoms with Gasteiger partial charge in [-0.25, -0.2) is 4.98 Å². The summed E-state index contributed by atoms with van der Waals surface area (Å²) in [6.45, 7) is 2.67. The van der Waals surface area contributed by atoms with Gasteiger partial charge in [0.05, 0.1) is 6.61 Å². The van der Waals surface area contributed by atoms with E-state index in [4.69, 9.17) is 10.00 Å². The molecule has 0 saturated heterocycles. The fourth-order valence-electron chi connectivity index (χ4n) is 1.84. The van der Waals surface area contributed by atoms with E-state index in [9.17, 15) is 0 Å². The summed E-state index contributed by atoms with van der Waals surface area (Å²) in [4.78, 5) is 4.42. The molecule has 0 amide bonds. The molecule has 15 heavy (non-hydrogen) atoms. The van der Waals surface area contributed by atoms with E-state index >= 15 is 0 Å². The summed E-state index contributed by atoms with van der Waals surface area (Å²) in [5.74, 6) is 0.514. The molecular weight excluding hydrogens is 188 g/mol. The van der Waals surface area contributed by atoms with E-state index in [1.165, 1.54) is 5.56 Å². The number of aromatic nitrogens is 1. The fraction of sp³-hybridized carbons (Fsp3) is 0.500. The number of hydrogen-bond donors (Lipinski definition) is 0. The van der Waals surface area contributed by atoms with Crippen molar-refractivity contribution >= 4 is 0 Å². The van der Waals surface area contributed by atoms with Crippen LogP contribution >= 0.6 is 0 Å². The zero-order chi connectivity index (χ0) is 10.7. The number of nitriles is 1. The number of rotatable bonds is 3. The van der Waals surface area contributed by atoms with Crippen molar-refractivity contribution in [3.05, 3.63) is 22.9 Å². The van der Waals surface area contributed by atoms with Gasteiger partial charge in [-0.15, -0.1) is 0 Å². The molecule has 0 aromatic carbocycles. The standard InChI is InChI=1S/C12H14N2O/c1-2-6-15-12-10(8-13)7-9-4-3-5-11(9)14-12/h7H,2-6H2,1H3. The van der Waals surface area contributed by atoms with E-state index in [2.05, 4.69) is 11.1 Å². The Balaban J connectivity index is 2.32. The Bertz CT molecular complexity index is 407. The first-order valence-electron chi connectivity index (χ1n) is 5.41. The summed E-state index contributed by atoms with van der Waals surface area (Å²) in [7, 11) is 0. The van der Waals surface area contributed by atoms with Crippen molar-refractivity contribution in [2.45, 2.75) is 32.6 Å². The Morgan fingerprint density at radius 1 is 1.53 bits per heavy atom. The van der Waals surface area contributed by atoms with E-state index < -0.39 is 0 Å². The van der Waals surface area contributed by atoms with Crippen LogP contribution in [0.5, 0.6) is 5.88 Å². The molecule has 1 heterocycles. The van der Waals surface area contributed by atoms with Gasteiger partial charge >= 0.3 is 0 Å². The highest BCUT2D eigenvalue weighted by molar-refractivity contribution is 5.44. The van der Waals surface area contributed by atoms with Gasteiger partial charge in [-0.1, -0.05) is 6.92 Å². The quantitative estimate of drug-likeness (QED) is 0.755. The number of fused-ring (bicyclic) bond motifs is 1. The summed E-state index contributed by atoms with van der Waals surface area (Å²) < 4.78 is 5.47. The Hall–Kier alpha value is -1.56. The number of hydrogen-bond acceptors (Lipinski definition) is 3. The Morgan fingerprint density at radius 2 is 2.40 bits per heavy atom. The molecule has 0 bridgehead atoms. The zero-order valence-corrected chi connectivity index (χ0v) is 8.92. The van der Waals surface area contributed by atoms with Crippen LogP contribution in [0.3, 0.4) is 0 Å². The third kappa shape index (κ3) is 1.94. The van der Waals surface area contributed by atoms with Crippen LogP contribution in [-0.2, 0) is 12.8 Å². The average Bonchev–Trinajstić information content (AvgIpc) is 2.71. The van der Waals surface area contributed by atoms with Crippen LogP contribution in [0.2, 0.25) is 0 Å². The van der Waals surface area contributed by atoms with Gasteiger partial charge in [-0.05, 0) is 37.3 Å². The molecule has 0 atom stereocenters.